The summed E-state index contributed by atoms with van der Waals surface area (Å²) in [4.78, 5) is 25.1. The molecule has 7 heteroatoms. The van der Waals surface area contributed by atoms with E-state index in [0.29, 0.717) is 37.2 Å². The number of nitrogens with zero attached hydrogens (tertiary/aromatic N) is 2. The highest BCUT2D eigenvalue weighted by Crippen LogP contribution is 2.33. The third kappa shape index (κ3) is 3.66. The molecule has 6 nitrogen and oxygen atoms in total. The van der Waals surface area contributed by atoms with E-state index < -0.39 is 10.7 Å². The van der Waals surface area contributed by atoms with Crippen LogP contribution in [-0.4, -0.2) is 30.9 Å². The van der Waals surface area contributed by atoms with Crippen molar-refractivity contribution in [3.8, 4) is 5.75 Å². The van der Waals surface area contributed by atoms with Gasteiger partial charge in [-0.3, -0.25) is 14.9 Å². The Morgan fingerprint density at radius 2 is 1.85 bits per heavy atom. The summed E-state index contributed by atoms with van der Waals surface area (Å²) in [6.07, 6.45) is 1.14. The molecule has 1 aliphatic rings. The van der Waals surface area contributed by atoms with Crippen LogP contribution in [0, 0.1) is 21.8 Å². The lowest BCUT2D eigenvalue weighted by atomic mass is 9.88. The molecule has 1 aliphatic heterocycles. The molecule has 3 rings (SSSR count). The second-order valence-corrected chi connectivity index (χ2v) is 6.24. The fourth-order valence-electron chi connectivity index (χ4n) is 3.28. The molecule has 0 N–H and O–H groups in total. The van der Waals surface area contributed by atoms with Crippen LogP contribution in [0.4, 0.5) is 15.8 Å². The topological polar surface area (TPSA) is 72.7 Å². The van der Waals surface area contributed by atoms with Gasteiger partial charge < -0.3 is 9.64 Å². The molecule has 0 unspecified atom stereocenters. The summed E-state index contributed by atoms with van der Waals surface area (Å²) in [6.45, 7) is 0.938. The van der Waals surface area contributed by atoms with Gasteiger partial charge in [0, 0.05) is 36.7 Å². The largest absolute Gasteiger partial charge is 0.497 e. The van der Waals surface area contributed by atoms with Crippen LogP contribution in [0.3, 0.4) is 0 Å². The normalized spacial score (nSPS) is 14.9. The molecule has 1 heterocycles. The first-order valence-electron chi connectivity index (χ1n) is 8.36. The van der Waals surface area contributed by atoms with Gasteiger partial charge in [-0.05, 0) is 43.2 Å². The van der Waals surface area contributed by atoms with Gasteiger partial charge in [0.05, 0.1) is 12.0 Å². The summed E-state index contributed by atoms with van der Waals surface area (Å²) in [7, 11) is 1.57. The van der Waals surface area contributed by atoms with Gasteiger partial charge in [0.15, 0.2) is 5.78 Å². The Morgan fingerprint density at radius 1 is 1.19 bits per heavy atom. The quantitative estimate of drug-likeness (QED) is 0.461. The fourth-order valence-corrected chi connectivity index (χ4v) is 3.28. The van der Waals surface area contributed by atoms with Crippen molar-refractivity contribution in [2.24, 2.45) is 5.92 Å². The predicted octanol–water partition coefficient (Wildman–Crippen LogP) is 3.84. The number of halogens is 1. The molecule has 0 aromatic heterocycles. The number of nitro groups is 1. The average Bonchev–Trinajstić information content (AvgIpc) is 2.67. The fraction of sp³-hybridized carbons (Fsp3) is 0.316. The number of rotatable bonds is 5. The van der Waals surface area contributed by atoms with Crippen LogP contribution in [0.15, 0.2) is 42.5 Å². The number of hydrogen-bond acceptors (Lipinski definition) is 5. The van der Waals surface area contributed by atoms with Crippen molar-refractivity contribution in [3.63, 3.8) is 0 Å². The number of hydrogen-bond donors (Lipinski definition) is 0. The van der Waals surface area contributed by atoms with Crippen molar-refractivity contribution in [3.05, 3.63) is 64.0 Å². The van der Waals surface area contributed by atoms with Crippen LogP contribution in [-0.2, 0) is 0 Å². The first-order valence-corrected chi connectivity index (χ1v) is 8.36. The Balaban J connectivity index is 1.70. The molecule has 0 radical (unpaired) electrons. The molecular formula is C19H19FN2O4. The Kier molecular flexibility index (Phi) is 5.16. The molecule has 136 valence electrons. The number of ether oxygens (including phenoxy) is 1. The summed E-state index contributed by atoms with van der Waals surface area (Å²) in [5.41, 5.74) is 0.776. The van der Waals surface area contributed by atoms with Crippen molar-refractivity contribution in [2.45, 2.75) is 12.8 Å². The average molecular weight is 358 g/mol. The predicted molar refractivity (Wildman–Crippen MR) is 95.3 cm³/mol. The van der Waals surface area contributed by atoms with Gasteiger partial charge in [-0.15, -0.1) is 0 Å². The number of anilines is 1. The molecule has 1 saturated heterocycles. The molecule has 0 saturated carbocycles. The van der Waals surface area contributed by atoms with Gasteiger partial charge in [0.25, 0.3) is 5.69 Å². The van der Waals surface area contributed by atoms with Crippen molar-refractivity contribution < 1.29 is 18.8 Å². The number of piperidine rings is 1. The van der Waals surface area contributed by atoms with Gasteiger partial charge in [-0.2, -0.15) is 0 Å². The summed E-state index contributed by atoms with van der Waals surface area (Å²) in [5, 5.41) is 11.2. The van der Waals surface area contributed by atoms with Crippen LogP contribution < -0.4 is 9.64 Å². The van der Waals surface area contributed by atoms with Crippen molar-refractivity contribution >= 4 is 17.2 Å². The van der Waals surface area contributed by atoms with Crippen LogP contribution >= 0.6 is 0 Å². The Bertz CT molecular complexity index is 815. The maximum atomic E-state index is 13.5. The van der Waals surface area contributed by atoms with E-state index in [4.69, 9.17) is 4.74 Å². The third-order valence-corrected chi connectivity index (χ3v) is 4.72. The number of benzene rings is 2. The Hall–Kier alpha value is -2.96. The summed E-state index contributed by atoms with van der Waals surface area (Å²) < 4.78 is 18.6. The van der Waals surface area contributed by atoms with Crippen LogP contribution in [0.1, 0.15) is 23.2 Å². The molecule has 26 heavy (non-hydrogen) atoms. The number of methoxy groups -OCH3 is 1. The smallest absolute Gasteiger partial charge is 0.292 e. The van der Waals surface area contributed by atoms with E-state index in [1.54, 1.807) is 36.3 Å². The van der Waals surface area contributed by atoms with E-state index in [9.17, 15) is 19.3 Å². The lowest BCUT2D eigenvalue weighted by molar-refractivity contribution is -0.384. The van der Waals surface area contributed by atoms with Crippen molar-refractivity contribution in [1.82, 2.24) is 0 Å². The van der Waals surface area contributed by atoms with E-state index in [0.717, 1.165) is 6.07 Å². The van der Waals surface area contributed by atoms with Gasteiger partial charge in [-0.1, -0.05) is 0 Å². The highest BCUT2D eigenvalue weighted by Gasteiger charge is 2.29. The summed E-state index contributed by atoms with van der Waals surface area (Å²) in [5.74, 6) is 0.0881. The number of nitro benzene ring substituents is 1. The van der Waals surface area contributed by atoms with Crippen LogP contribution in [0.2, 0.25) is 0 Å². The first kappa shape index (κ1) is 17.8. The number of carbonyl (C=O) groups is 1. The second kappa shape index (κ2) is 7.51. The van der Waals surface area contributed by atoms with E-state index in [-0.39, 0.29) is 23.1 Å². The third-order valence-electron chi connectivity index (χ3n) is 4.72. The summed E-state index contributed by atoms with van der Waals surface area (Å²) >= 11 is 0. The molecular weight excluding hydrogens is 339 g/mol. The maximum Gasteiger partial charge on any atom is 0.292 e. The zero-order valence-corrected chi connectivity index (χ0v) is 14.4. The van der Waals surface area contributed by atoms with Gasteiger partial charge in [0.2, 0.25) is 0 Å². The number of ketones is 1. The molecule has 1 fully saturated rings. The molecule has 2 aromatic carbocycles. The first-order chi connectivity index (χ1) is 12.5. The van der Waals surface area contributed by atoms with Crippen LogP contribution in [0.25, 0.3) is 0 Å². The SMILES string of the molecule is COc1ccc(C(=O)C2CCN(c3cc(F)ccc3[N+](=O)[O-])CC2)cc1. The maximum absolute atomic E-state index is 13.5. The van der Waals surface area contributed by atoms with E-state index in [1.165, 1.54) is 12.1 Å². The minimum Gasteiger partial charge on any atom is -0.497 e. The van der Waals surface area contributed by atoms with E-state index in [1.807, 2.05) is 0 Å². The highest BCUT2D eigenvalue weighted by atomic mass is 19.1. The van der Waals surface area contributed by atoms with Gasteiger partial charge in [0.1, 0.15) is 17.3 Å². The van der Waals surface area contributed by atoms with E-state index in [2.05, 4.69) is 0 Å². The molecule has 0 atom stereocenters. The van der Waals surface area contributed by atoms with E-state index >= 15 is 0 Å². The Morgan fingerprint density at radius 3 is 2.42 bits per heavy atom. The minimum absolute atomic E-state index is 0.0565. The molecule has 0 aliphatic carbocycles. The zero-order valence-electron chi connectivity index (χ0n) is 14.4. The lowest BCUT2D eigenvalue weighted by Gasteiger charge is -2.32. The second-order valence-electron chi connectivity index (χ2n) is 6.24. The molecule has 2 aromatic rings. The summed E-state index contributed by atoms with van der Waals surface area (Å²) in [6, 6.07) is 10.4. The van der Waals surface area contributed by atoms with Crippen molar-refractivity contribution in [1.29, 1.82) is 0 Å². The highest BCUT2D eigenvalue weighted by molar-refractivity contribution is 5.98. The zero-order chi connectivity index (χ0) is 18.7. The van der Waals surface area contributed by atoms with Gasteiger partial charge >= 0.3 is 0 Å². The lowest BCUT2D eigenvalue weighted by Crippen LogP contribution is -2.36. The molecule has 0 amide bonds. The number of Topliss-reactive ketones (excluding diaryl/α,β-unsaturated/α-hetero) is 1. The minimum atomic E-state index is -0.512. The monoisotopic (exact) mass is 358 g/mol. The standard InChI is InChI=1S/C19H19FN2O4/c1-26-16-5-2-13(3-6-16)19(23)14-8-10-21(11-9-14)18-12-15(20)4-7-17(18)22(24)25/h2-7,12,14H,8-11H2,1H3. The molecule has 0 spiro atoms. The Labute approximate surface area is 150 Å². The van der Waals surface area contributed by atoms with Crippen molar-refractivity contribution in [2.75, 3.05) is 25.1 Å². The number of carbonyl (C=O) groups excluding carboxylic acids is 1. The van der Waals surface area contributed by atoms with Crippen LogP contribution in [0.5, 0.6) is 5.75 Å². The van der Waals surface area contributed by atoms with Gasteiger partial charge in [-0.25, -0.2) is 4.39 Å². The molecule has 0 bridgehead atoms.